The highest BCUT2D eigenvalue weighted by atomic mass is 35.5. The number of ether oxygens (including phenoxy) is 1. The van der Waals surface area contributed by atoms with Crippen LogP contribution in [0.1, 0.15) is 25.0 Å². The van der Waals surface area contributed by atoms with Gasteiger partial charge in [0, 0.05) is 23.2 Å². The van der Waals surface area contributed by atoms with E-state index >= 15 is 0 Å². The number of rotatable bonds is 6. The van der Waals surface area contributed by atoms with Crippen LogP contribution in [0, 0.1) is 18.2 Å². The van der Waals surface area contributed by atoms with Crippen molar-refractivity contribution in [2.75, 3.05) is 12.4 Å². The number of hydrogen-bond donors (Lipinski definition) is 2. The van der Waals surface area contributed by atoms with Gasteiger partial charge in [-0.25, -0.2) is 4.39 Å². The molecule has 0 spiro atoms. The smallest absolute Gasteiger partial charge is 0.239 e. The first-order valence-electron chi connectivity index (χ1n) is 8.34. The van der Waals surface area contributed by atoms with Crippen molar-refractivity contribution in [1.82, 2.24) is 5.32 Å². The van der Waals surface area contributed by atoms with Crippen LogP contribution in [0.15, 0.2) is 36.4 Å². The van der Waals surface area contributed by atoms with Crippen LogP contribution >= 0.6 is 11.6 Å². The molecule has 27 heavy (non-hydrogen) atoms. The number of benzene rings is 2. The van der Waals surface area contributed by atoms with Gasteiger partial charge in [-0.15, -0.1) is 0 Å². The Morgan fingerprint density at radius 3 is 2.48 bits per heavy atom. The molecule has 2 amide bonds. The molecule has 0 fully saturated rings. The molecule has 0 aliphatic carbocycles. The number of methoxy groups -OCH3 is 1. The molecule has 0 unspecified atom stereocenters. The fourth-order valence-electron chi connectivity index (χ4n) is 2.35. The zero-order valence-electron chi connectivity index (χ0n) is 15.7. The van der Waals surface area contributed by atoms with Crippen molar-refractivity contribution < 1.29 is 18.7 Å². The highest BCUT2D eigenvalue weighted by molar-refractivity contribution is 6.31. The number of carbonyl (C=O) groups excluding carboxylic acids is 2. The summed E-state index contributed by atoms with van der Waals surface area (Å²) in [4.78, 5) is 25.2. The summed E-state index contributed by atoms with van der Waals surface area (Å²) in [5, 5.41) is 5.81. The standard InChI is InChI=1S/C20H22ClFN2O3/c1-12-9-16(17(27-4)10-14(12)21)24-19(26)20(2,3)18(25)23-11-13-7-5-6-8-15(13)22/h5-10H,11H2,1-4H3,(H,23,25)(H,24,26). The number of nitrogens with one attached hydrogen (secondary N) is 2. The minimum atomic E-state index is -1.39. The third-order valence-corrected chi connectivity index (χ3v) is 4.67. The number of hydrogen-bond acceptors (Lipinski definition) is 3. The Hall–Kier alpha value is -2.60. The highest BCUT2D eigenvalue weighted by Crippen LogP contribution is 2.32. The van der Waals surface area contributed by atoms with Crippen molar-refractivity contribution in [3.05, 3.63) is 58.4 Å². The van der Waals surface area contributed by atoms with Gasteiger partial charge in [0.25, 0.3) is 0 Å². The van der Waals surface area contributed by atoms with Gasteiger partial charge in [-0.05, 0) is 38.5 Å². The van der Waals surface area contributed by atoms with Crippen LogP contribution in [0.3, 0.4) is 0 Å². The molecule has 2 aromatic carbocycles. The maximum atomic E-state index is 13.7. The van der Waals surface area contributed by atoms with Crippen LogP contribution in [0.2, 0.25) is 5.02 Å². The summed E-state index contributed by atoms with van der Waals surface area (Å²) >= 11 is 6.07. The molecular formula is C20H22ClFN2O3. The van der Waals surface area contributed by atoms with Crippen LogP contribution < -0.4 is 15.4 Å². The fraction of sp³-hybridized carbons (Fsp3) is 0.300. The lowest BCUT2D eigenvalue weighted by Gasteiger charge is -2.23. The largest absolute Gasteiger partial charge is 0.495 e. The summed E-state index contributed by atoms with van der Waals surface area (Å²) in [7, 11) is 1.46. The summed E-state index contributed by atoms with van der Waals surface area (Å²) < 4.78 is 18.9. The zero-order valence-corrected chi connectivity index (χ0v) is 16.4. The lowest BCUT2D eigenvalue weighted by atomic mass is 9.90. The molecule has 2 rings (SSSR count). The molecule has 0 saturated heterocycles. The lowest BCUT2D eigenvalue weighted by Crippen LogP contribution is -2.45. The average molecular weight is 393 g/mol. The Kier molecular flexibility index (Phi) is 6.44. The third kappa shape index (κ3) is 4.77. The summed E-state index contributed by atoms with van der Waals surface area (Å²) in [5.74, 6) is -1.07. The van der Waals surface area contributed by atoms with E-state index in [1.54, 1.807) is 37.3 Å². The molecule has 7 heteroatoms. The molecule has 0 heterocycles. The molecule has 0 radical (unpaired) electrons. The predicted molar refractivity (Wildman–Crippen MR) is 103 cm³/mol. The van der Waals surface area contributed by atoms with E-state index in [-0.39, 0.29) is 6.54 Å². The average Bonchev–Trinajstić information content (AvgIpc) is 2.63. The third-order valence-electron chi connectivity index (χ3n) is 4.26. The van der Waals surface area contributed by atoms with Gasteiger partial charge in [-0.1, -0.05) is 29.8 Å². The van der Waals surface area contributed by atoms with E-state index in [2.05, 4.69) is 10.6 Å². The second kappa shape index (κ2) is 8.39. The van der Waals surface area contributed by atoms with Gasteiger partial charge in [-0.2, -0.15) is 0 Å². The van der Waals surface area contributed by atoms with Gasteiger partial charge >= 0.3 is 0 Å². The Balaban J connectivity index is 2.11. The Morgan fingerprint density at radius 2 is 1.85 bits per heavy atom. The number of halogens is 2. The van der Waals surface area contributed by atoms with Crippen LogP contribution in [-0.2, 0) is 16.1 Å². The van der Waals surface area contributed by atoms with Gasteiger partial charge < -0.3 is 15.4 Å². The topological polar surface area (TPSA) is 67.4 Å². The number of anilines is 1. The van der Waals surface area contributed by atoms with Gasteiger partial charge in [0.1, 0.15) is 17.0 Å². The Labute approximate surface area is 162 Å². The summed E-state index contributed by atoms with van der Waals surface area (Å²) in [6.45, 7) is 4.78. The molecule has 0 saturated carbocycles. The molecule has 0 aromatic heterocycles. The van der Waals surface area contributed by atoms with Crippen molar-refractivity contribution in [3.63, 3.8) is 0 Å². The van der Waals surface area contributed by atoms with E-state index in [1.807, 2.05) is 0 Å². The summed E-state index contributed by atoms with van der Waals surface area (Å²) in [6.07, 6.45) is 0. The second-order valence-electron chi connectivity index (χ2n) is 6.65. The van der Waals surface area contributed by atoms with Crippen molar-refractivity contribution in [2.45, 2.75) is 27.3 Å². The van der Waals surface area contributed by atoms with E-state index < -0.39 is 23.0 Å². The molecule has 2 aromatic rings. The van der Waals surface area contributed by atoms with Crippen LogP contribution in [-0.4, -0.2) is 18.9 Å². The number of carbonyl (C=O) groups is 2. The van der Waals surface area contributed by atoms with E-state index in [9.17, 15) is 14.0 Å². The fourth-order valence-corrected chi connectivity index (χ4v) is 2.50. The molecule has 0 aliphatic heterocycles. The molecule has 5 nitrogen and oxygen atoms in total. The number of aryl methyl sites for hydroxylation is 1. The SMILES string of the molecule is COc1cc(Cl)c(C)cc1NC(=O)C(C)(C)C(=O)NCc1ccccc1F. The molecule has 2 N–H and O–H groups in total. The van der Waals surface area contributed by atoms with Crippen molar-refractivity contribution in [3.8, 4) is 5.75 Å². The van der Waals surface area contributed by atoms with Crippen molar-refractivity contribution >= 4 is 29.1 Å². The van der Waals surface area contributed by atoms with Gasteiger partial charge in [0.2, 0.25) is 11.8 Å². The van der Waals surface area contributed by atoms with Gasteiger partial charge in [0.15, 0.2) is 0 Å². The van der Waals surface area contributed by atoms with Crippen LogP contribution in [0.4, 0.5) is 10.1 Å². The Bertz CT molecular complexity index is 868. The first kappa shape index (κ1) is 20.7. The Morgan fingerprint density at radius 1 is 1.19 bits per heavy atom. The monoisotopic (exact) mass is 392 g/mol. The summed E-state index contributed by atoms with van der Waals surface area (Å²) in [6, 6.07) is 9.40. The normalized spacial score (nSPS) is 11.0. The quantitative estimate of drug-likeness (QED) is 0.728. The predicted octanol–water partition coefficient (Wildman–Crippen LogP) is 4.08. The van der Waals surface area contributed by atoms with E-state index in [0.29, 0.717) is 22.0 Å². The second-order valence-corrected chi connectivity index (χ2v) is 7.06. The minimum Gasteiger partial charge on any atom is -0.495 e. The molecule has 144 valence electrons. The number of amides is 2. The molecule has 0 atom stereocenters. The van der Waals surface area contributed by atoms with Gasteiger partial charge in [-0.3, -0.25) is 9.59 Å². The maximum absolute atomic E-state index is 13.7. The molecule has 0 aliphatic rings. The lowest BCUT2D eigenvalue weighted by molar-refractivity contribution is -0.138. The molecule has 0 bridgehead atoms. The van der Waals surface area contributed by atoms with E-state index in [0.717, 1.165) is 5.56 Å². The van der Waals surface area contributed by atoms with Crippen molar-refractivity contribution in [2.24, 2.45) is 5.41 Å². The summed E-state index contributed by atoms with van der Waals surface area (Å²) in [5.41, 5.74) is 0.134. The first-order valence-corrected chi connectivity index (χ1v) is 8.72. The van der Waals surface area contributed by atoms with E-state index in [4.69, 9.17) is 16.3 Å². The molecular weight excluding hydrogens is 371 g/mol. The zero-order chi connectivity index (χ0) is 20.2. The van der Waals surface area contributed by atoms with E-state index in [1.165, 1.54) is 27.0 Å². The van der Waals surface area contributed by atoms with Gasteiger partial charge in [0.05, 0.1) is 12.8 Å². The van der Waals surface area contributed by atoms with Crippen LogP contribution in [0.5, 0.6) is 5.75 Å². The maximum Gasteiger partial charge on any atom is 0.239 e. The first-order chi connectivity index (χ1) is 12.7. The van der Waals surface area contributed by atoms with Crippen molar-refractivity contribution in [1.29, 1.82) is 0 Å². The van der Waals surface area contributed by atoms with Crippen LogP contribution in [0.25, 0.3) is 0 Å². The highest BCUT2D eigenvalue weighted by Gasteiger charge is 2.36. The minimum absolute atomic E-state index is 0.00834.